The summed E-state index contributed by atoms with van der Waals surface area (Å²) in [5.74, 6) is -1.09. The number of rotatable bonds is 4. The molecule has 0 amide bonds. The Balaban J connectivity index is 3.18. The summed E-state index contributed by atoms with van der Waals surface area (Å²) in [6, 6.07) is 7.53. The van der Waals surface area contributed by atoms with Crippen LogP contribution in [0.2, 0.25) is 0 Å². The van der Waals surface area contributed by atoms with E-state index >= 15 is 0 Å². The molecule has 5 heteroatoms. The Kier molecular flexibility index (Phi) is 3.83. The van der Waals surface area contributed by atoms with Crippen LogP contribution >= 0.6 is 0 Å². The van der Waals surface area contributed by atoms with E-state index in [2.05, 4.69) is 5.29 Å². The Morgan fingerprint density at radius 3 is 2.18 bits per heavy atom. The standard InChI is InChI=1S/C12H16N2O3/c1-12(2,3)14(13-17)10(11(15)16)9-7-5-4-6-8-9/h4-8,10H,1-3H3,(H,15,16). The fraction of sp³-hybridized carbons (Fsp3) is 0.417. The second-order valence-corrected chi connectivity index (χ2v) is 4.75. The van der Waals surface area contributed by atoms with Gasteiger partial charge in [0, 0.05) is 0 Å². The Morgan fingerprint density at radius 1 is 1.29 bits per heavy atom. The number of aliphatic carboxylic acids is 1. The van der Waals surface area contributed by atoms with Crippen molar-refractivity contribution in [3.8, 4) is 0 Å². The summed E-state index contributed by atoms with van der Waals surface area (Å²) in [4.78, 5) is 22.2. The van der Waals surface area contributed by atoms with Crippen molar-refractivity contribution in [1.29, 1.82) is 0 Å². The molecule has 1 atom stereocenters. The van der Waals surface area contributed by atoms with Gasteiger partial charge in [-0.25, -0.2) is 9.80 Å². The average molecular weight is 236 g/mol. The molecule has 0 aliphatic rings. The van der Waals surface area contributed by atoms with Gasteiger partial charge in [-0.05, 0) is 26.3 Å². The van der Waals surface area contributed by atoms with Gasteiger partial charge in [-0.3, -0.25) is 0 Å². The molecule has 0 radical (unpaired) electrons. The average Bonchev–Trinajstić information content (AvgIpc) is 2.24. The van der Waals surface area contributed by atoms with Crippen molar-refractivity contribution >= 4 is 5.97 Å². The second-order valence-electron chi connectivity index (χ2n) is 4.75. The van der Waals surface area contributed by atoms with Crippen LogP contribution < -0.4 is 0 Å². The van der Waals surface area contributed by atoms with E-state index in [4.69, 9.17) is 0 Å². The molecule has 0 saturated heterocycles. The maximum atomic E-state index is 11.3. The highest BCUT2D eigenvalue weighted by Crippen LogP contribution is 2.28. The van der Waals surface area contributed by atoms with Crippen LogP contribution in [0.4, 0.5) is 0 Å². The van der Waals surface area contributed by atoms with Gasteiger partial charge in [-0.15, -0.1) is 4.91 Å². The zero-order valence-electron chi connectivity index (χ0n) is 10.1. The third-order valence-electron chi connectivity index (χ3n) is 2.37. The molecule has 0 aromatic heterocycles. The van der Waals surface area contributed by atoms with Gasteiger partial charge in [-0.1, -0.05) is 30.3 Å². The van der Waals surface area contributed by atoms with E-state index in [9.17, 15) is 14.8 Å². The van der Waals surface area contributed by atoms with E-state index in [-0.39, 0.29) is 0 Å². The largest absolute Gasteiger partial charge is 0.479 e. The predicted molar refractivity (Wildman–Crippen MR) is 64.2 cm³/mol. The lowest BCUT2D eigenvalue weighted by Crippen LogP contribution is -2.42. The zero-order valence-corrected chi connectivity index (χ0v) is 10.1. The molecule has 0 bridgehead atoms. The number of benzene rings is 1. The Morgan fingerprint density at radius 2 is 1.82 bits per heavy atom. The molecule has 5 nitrogen and oxygen atoms in total. The monoisotopic (exact) mass is 236 g/mol. The first-order valence-corrected chi connectivity index (χ1v) is 5.28. The molecule has 0 spiro atoms. The molecule has 0 heterocycles. The molecular formula is C12H16N2O3. The topological polar surface area (TPSA) is 70.0 Å². The van der Waals surface area contributed by atoms with E-state index in [1.165, 1.54) is 0 Å². The highest BCUT2D eigenvalue weighted by molar-refractivity contribution is 5.75. The predicted octanol–water partition coefficient (Wildman–Crippen LogP) is 2.59. The maximum Gasteiger partial charge on any atom is 0.332 e. The fourth-order valence-electron chi connectivity index (χ4n) is 1.58. The molecule has 0 aliphatic carbocycles. The minimum Gasteiger partial charge on any atom is -0.479 e. The minimum absolute atomic E-state index is 0.537. The van der Waals surface area contributed by atoms with Crippen molar-refractivity contribution in [3.05, 3.63) is 40.8 Å². The quantitative estimate of drug-likeness (QED) is 0.644. The van der Waals surface area contributed by atoms with Gasteiger partial charge in [0.1, 0.15) is 0 Å². The molecule has 17 heavy (non-hydrogen) atoms. The number of hydrogen-bond donors (Lipinski definition) is 1. The van der Waals surface area contributed by atoms with Gasteiger partial charge in [0.05, 0.1) is 10.8 Å². The molecule has 1 unspecified atom stereocenters. The summed E-state index contributed by atoms with van der Waals surface area (Å²) in [5, 5.41) is 13.2. The molecule has 1 aromatic carbocycles. The number of nitrogens with zero attached hydrogens (tertiary/aromatic N) is 2. The molecule has 1 rings (SSSR count). The highest BCUT2D eigenvalue weighted by Gasteiger charge is 2.35. The smallest absolute Gasteiger partial charge is 0.332 e. The second kappa shape index (κ2) is 4.95. The number of hydrogen-bond acceptors (Lipinski definition) is 3. The molecular weight excluding hydrogens is 220 g/mol. The highest BCUT2D eigenvalue weighted by atomic mass is 16.4. The molecule has 1 aromatic rings. The lowest BCUT2D eigenvalue weighted by molar-refractivity contribution is -0.146. The SMILES string of the molecule is CC(C)(C)N(N=O)C(C(=O)O)c1ccccc1. The van der Waals surface area contributed by atoms with Crippen LogP contribution in [-0.2, 0) is 4.79 Å². The number of carbonyl (C=O) groups is 1. The van der Waals surface area contributed by atoms with Gasteiger partial charge < -0.3 is 5.11 Å². The molecule has 0 fully saturated rings. The molecule has 1 N–H and O–H groups in total. The molecule has 0 aliphatic heterocycles. The third-order valence-corrected chi connectivity index (χ3v) is 2.37. The van der Waals surface area contributed by atoms with Gasteiger partial charge in [0.2, 0.25) is 0 Å². The van der Waals surface area contributed by atoms with E-state index in [0.717, 1.165) is 5.01 Å². The van der Waals surface area contributed by atoms with Crippen LogP contribution in [0, 0.1) is 4.91 Å². The van der Waals surface area contributed by atoms with E-state index < -0.39 is 17.6 Å². The third kappa shape index (κ3) is 3.03. The maximum absolute atomic E-state index is 11.3. The van der Waals surface area contributed by atoms with Crippen LogP contribution in [-0.4, -0.2) is 21.6 Å². The van der Waals surface area contributed by atoms with Crippen molar-refractivity contribution < 1.29 is 9.90 Å². The summed E-state index contributed by atoms with van der Waals surface area (Å²) in [6.45, 7) is 5.23. The summed E-state index contributed by atoms with van der Waals surface area (Å²) in [6.07, 6.45) is 0. The number of carboxylic acids is 1. The first-order valence-electron chi connectivity index (χ1n) is 5.28. The van der Waals surface area contributed by atoms with Gasteiger partial charge in [0.15, 0.2) is 6.04 Å². The van der Waals surface area contributed by atoms with Crippen LogP contribution in [0.5, 0.6) is 0 Å². The first-order chi connectivity index (χ1) is 7.88. The van der Waals surface area contributed by atoms with Crippen molar-refractivity contribution in [2.45, 2.75) is 32.4 Å². The van der Waals surface area contributed by atoms with Gasteiger partial charge in [-0.2, -0.15) is 0 Å². The van der Waals surface area contributed by atoms with Gasteiger partial charge >= 0.3 is 5.97 Å². The molecule has 92 valence electrons. The first kappa shape index (κ1) is 13.2. The van der Waals surface area contributed by atoms with Crippen molar-refractivity contribution in [2.75, 3.05) is 0 Å². The number of carboxylic acid groups (broad SMARTS) is 1. The van der Waals surface area contributed by atoms with Crippen LogP contribution in [0.15, 0.2) is 35.6 Å². The summed E-state index contributed by atoms with van der Waals surface area (Å²) in [5.41, 5.74) is -0.116. The summed E-state index contributed by atoms with van der Waals surface area (Å²) >= 11 is 0. The van der Waals surface area contributed by atoms with Crippen LogP contribution in [0.1, 0.15) is 32.4 Å². The van der Waals surface area contributed by atoms with Crippen molar-refractivity contribution in [1.82, 2.24) is 5.01 Å². The summed E-state index contributed by atoms with van der Waals surface area (Å²) in [7, 11) is 0. The normalized spacial score (nSPS) is 12.9. The molecule has 0 saturated carbocycles. The Labute approximate surface area is 100 Å². The van der Waals surface area contributed by atoms with E-state index in [0.29, 0.717) is 5.56 Å². The lowest BCUT2D eigenvalue weighted by atomic mass is 10.0. The van der Waals surface area contributed by atoms with Crippen LogP contribution in [0.25, 0.3) is 0 Å². The number of nitroso groups, excluding NO2 is 1. The van der Waals surface area contributed by atoms with Crippen molar-refractivity contribution in [2.24, 2.45) is 5.29 Å². The van der Waals surface area contributed by atoms with Crippen molar-refractivity contribution in [3.63, 3.8) is 0 Å². The zero-order chi connectivity index (χ0) is 13.1. The van der Waals surface area contributed by atoms with E-state index in [1.54, 1.807) is 51.1 Å². The summed E-state index contributed by atoms with van der Waals surface area (Å²) < 4.78 is 0. The Bertz CT molecular complexity index is 398. The Hall–Kier alpha value is -1.91. The van der Waals surface area contributed by atoms with Gasteiger partial charge in [0.25, 0.3) is 0 Å². The minimum atomic E-state index is -1.09. The van der Waals surface area contributed by atoms with E-state index in [1.807, 2.05) is 0 Å². The van der Waals surface area contributed by atoms with Crippen LogP contribution in [0.3, 0.4) is 0 Å². The lowest BCUT2D eigenvalue weighted by Gasteiger charge is -2.34. The fourth-order valence-corrected chi connectivity index (χ4v) is 1.58.